The van der Waals surface area contributed by atoms with Crippen molar-refractivity contribution >= 4 is 11.9 Å². The van der Waals surface area contributed by atoms with E-state index in [1.165, 1.54) is 12.8 Å². The number of aromatic nitrogens is 2. The first kappa shape index (κ1) is 17.0. The van der Waals surface area contributed by atoms with Crippen LogP contribution >= 0.6 is 0 Å². The van der Waals surface area contributed by atoms with Crippen LogP contribution in [0.2, 0.25) is 0 Å². The molecule has 2 fully saturated rings. The zero-order chi connectivity index (χ0) is 16.9. The number of hydrogen-bond acceptors (Lipinski definition) is 6. The highest BCUT2D eigenvalue weighted by Gasteiger charge is 2.28. The summed E-state index contributed by atoms with van der Waals surface area (Å²) in [7, 11) is 0. The van der Waals surface area contributed by atoms with Crippen LogP contribution in [0.25, 0.3) is 0 Å². The van der Waals surface area contributed by atoms with E-state index in [0.717, 1.165) is 13.1 Å². The average molecular weight is 334 g/mol. The van der Waals surface area contributed by atoms with Crippen LogP contribution in [0.4, 0.5) is 5.95 Å². The number of nitrogens with zero attached hydrogens (tertiary/aromatic N) is 4. The van der Waals surface area contributed by atoms with Gasteiger partial charge in [0.2, 0.25) is 11.8 Å². The van der Waals surface area contributed by atoms with Crippen molar-refractivity contribution in [3.63, 3.8) is 0 Å². The molecule has 7 heteroatoms. The summed E-state index contributed by atoms with van der Waals surface area (Å²) in [5.41, 5.74) is 0. The molecule has 132 valence electrons. The van der Waals surface area contributed by atoms with Crippen molar-refractivity contribution in [1.29, 1.82) is 0 Å². The molecule has 0 aromatic carbocycles. The second-order valence-corrected chi connectivity index (χ2v) is 6.36. The van der Waals surface area contributed by atoms with Gasteiger partial charge in [0.15, 0.2) is 0 Å². The fourth-order valence-electron chi connectivity index (χ4n) is 2.73. The maximum atomic E-state index is 12.4. The number of carbonyl (C=O) groups is 1. The molecule has 1 aromatic rings. The number of hydrogen-bond donors (Lipinski definition) is 0. The molecule has 7 nitrogen and oxygen atoms in total. The van der Waals surface area contributed by atoms with Crippen LogP contribution in [0.1, 0.15) is 26.7 Å². The van der Waals surface area contributed by atoms with E-state index in [9.17, 15) is 4.79 Å². The lowest BCUT2D eigenvalue weighted by Gasteiger charge is -2.35. The number of amides is 1. The first-order valence-corrected chi connectivity index (χ1v) is 8.78. The first-order chi connectivity index (χ1) is 11.7. The Morgan fingerprint density at radius 3 is 2.75 bits per heavy atom. The first-order valence-electron chi connectivity index (χ1n) is 8.78. The molecule has 1 atom stereocenters. The van der Waals surface area contributed by atoms with Crippen LogP contribution in [-0.2, 0) is 9.53 Å². The molecule has 0 radical (unpaired) electrons. The van der Waals surface area contributed by atoms with Gasteiger partial charge in [-0.1, -0.05) is 0 Å². The zero-order valence-electron chi connectivity index (χ0n) is 14.5. The van der Waals surface area contributed by atoms with Crippen molar-refractivity contribution in [2.45, 2.75) is 32.8 Å². The van der Waals surface area contributed by atoms with Crippen molar-refractivity contribution in [3.8, 4) is 5.88 Å². The third-order valence-corrected chi connectivity index (χ3v) is 4.41. The SMILES string of the molecule is CCOc1ccnc(N2CCN(C(=O)[C@@H](C)OCC3CC3)CC2)n1. The maximum absolute atomic E-state index is 12.4. The van der Waals surface area contributed by atoms with Crippen LogP contribution in [0.5, 0.6) is 5.88 Å². The van der Waals surface area contributed by atoms with Crippen molar-refractivity contribution < 1.29 is 14.3 Å². The highest BCUT2D eigenvalue weighted by atomic mass is 16.5. The maximum Gasteiger partial charge on any atom is 0.251 e. The Labute approximate surface area is 143 Å². The van der Waals surface area contributed by atoms with E-state index in [1.807, 2.05) is 18.7 Å². The Balaban J connectivity index is 1.49. The van der Waals surface area contributed by atoms with Gasteiger partial charge in [-0.25, -0.2) is 4.98 Å². The van der Waals surface area contributed by atoms with Gasteiger partial charge < -0.3 is 19.3 Å². The van der Waals surface area contributed by atoms with Gasteiger partial charge in [0, 0.05) is 38.4 Å². The Morgan fingerprint density at radius 2 is 2.08 bits per heavy atom. The average Bonchev–Trinajstić information content (AvgIpc) is 3.44. The third-order valence-electron chi connectivity index (χ3n) is 4.41. The molecule has 24 heavy (non-hydrogen) atoms. The van der Waals surface area contributed by atoms with Crippen molar-refractivity contribution in [2.24, 2.45) is 5.92 Å². The van der Waals surface area contributed by atoms with Crippen molar-refractivity contribution in [1.82, 2.24) is 14.9 Å². The molecule has 0 unspecified atom stereocenters. The van der Waals surface area contributed by atoms with Crippen LogP contribution in [0.3, 0.4) is 0 Å². The summed E-state index contributed by atoms with van der Waals surface area (Å²) in [4.78, 5) is 25.1. The van der Waals surface area contributed by atoms with Crippen LogP contribution in [-0.4, -0.2) is 66.3 Å². The lowest BCUT2D eigenvalue weighted by Crippen LogP contribution is -2.52. The predicted molar refractivity (Wildman–Crippen MR) is 90.1 cm³/mol. The molecule has 0 bridgehead atoms. The highest BCUT2D eigenvalue weighted by Crippen LogP contribution is 2.29. The number of carbonyl (C=O) groups excluding carboxylic acids is 1. The van der Waals surface area contributed by atoms with E-state index in [1.54, 1.807) is 12.3 Å². The third kappa shape index (κ3) is 4.35. The Hall–Kier alpha value is -1.89. The van der Waals surface area contributed by atoms with Gasteiger partial charge in [-0.3, -0.25) is 4.79 Å². The summed E-state index contributed by atoms with van der Waals surface area (Å²) in [6, 6.07) is 1.76. The molecular weight excluding hydrogens is 308 g/mol. The minimum atomic E-state index is -0.352. The van der Waals surface area contributed by atoms with Crippen LogP contribution in [0, 0.1) is 5.92 Å². The summed E-state index contributed by atoms with van der Waals surface area (Å²) < 4.78 is 11.1. The normalized spacial score (nSPS) is 19.2. The summed E-state index contributed by atoms with van der Waals surface area (Å²) in [6.45, 7) is 7.84. The lowest BCUT2D eigenvalue weighted by atomic mass is 10.2. The van der Waals surface area contributed by atoms with Crippen LogP contribution < -0.4 is 9.64 Å². The quantitative estimate of drug-likeness (QED) is 0.750. The fourth-order valence-corrected chi connectivity index (χ4v) is 2.73. The summed E-state index contributed by atoms with van der Waals surface area (Å²) in [5.74, 6) is 2.00. The zero-order valence-corrected chi connectivity index (χ0v) is 14.5. The summed E-state index contributed by atoms with van der Waals surface area (Å²) >= 11 is 0. The predicted octanol–water partition coefficient (Wildman–Crippen LogP) is 1.34. The summed E-state index contributed by atoms with van der Waals surface area (Å²) in [6.07, 6.45) is 3.83. The van der Waals surface area contributed by atoms with Crippen molar-refractivity contribution in [3.05, 3.63) is 12.3 Å². The molecule has 1 aliphatic carbocycles. The highest BCUT2D eigenvalue weighted by molar-refractivity contribution is 5.80. The Bertz CT molecular complexity index is 557. The standard InChI is InChI=1S/C17H26N4O3/c1-3-23-15-6-7-18-17(19-15)21-10-8-20(9-11-21)16(22)13(2)24-12-14-4-5-14/h6-7,13-14H,3-5,8-12H2,1-2H3/t13-/m1/s1. The van der Waals surface area contributed by atoms with E-state index in [4.69, 9.17) is 9.47 Å². The Kier molecular flexibility index (Phi) is 5.50. The molecule has 1 aromatic heterocycles. The molecule has 1 saturated carbocycles. The molecule has 1 aliphatic heterocycles. The van der Waals surface area contributed by atoms with E-state index < -0.39 is 0 Å². The number of piperazine rings is 1. The minimum Gasteiger partial charge on any atom is -0.478 e. The fraction of sp³-hybridized carbons (Fsp3) is 0.706. The lowest BCUT2D eigenvalue weighted by molar-refractivity contribution is -0.143. The molecule has 0 N–H and O–H groups in total. The van der Waals surface area contributed by atoms with E-state index in [2.05, 4.69) is 14.9 Å². The van der Waals surface area contributed by atoms with Crippen molar-refractivity contribution in [2.75, 3.05) is 44.3 Å². The van der Waals surface area contributed by atoms with Crippen LogP contribution in [0.15, 0.2) is 12.3 Å². The molecule has 2 heterocycles. The van der Waals surface area contributed by atoms with E-state index >= 15 is 0 Å². The smallest absolute Gasteiger partial charge is 0.251 e. The van der Waals surface area contributed by atoms with Gasteiger partial charge in [-0.15, -0.1) is 0 Å². The second-order valence-electron chi connectivity index (χ2n) is 6.36. The van der Waals surface area contributed by atoms with Gasteiger partial charge in [-0.05, 0) is 32.6 Å². The van der Waals surface area contributed by atoms with Gasteiger partial charge in [0.1, 0.15) is 6.10 Å². The van der Waals surface area contributed by atoms with Gasteiger partial charge in [-0.2, -0.15) is 4.98 Å². The topological polar surface area (TPSA) is 67.8 Å². The molecular formula is C17H26N4O3. The summed E-state index contributed by atoms with van der Waals surface area (Å²) in [5, 5.41) is 0. The number of anilines is 1. The van der Waals surface area contributed by atoms with E-state index in [-0.39, 0.29) is 12.0 Å². The largest absolute Gasteiger partial charge is 0.478 e. The number of ether oxygens (including phenoxy) is 2. The van der Waals surface area contributed by atoms with Gasteiger partial charge in [0.05, 0.1) is 13.2 Å². The van der Waals surface area contributed by atoms with Gasteiger partial charge in [0.25, 0.3) is 5.91 Å². The Morgan fingerprint density at radius 1 is 1.33 bits per heavy atom. The monoisotopic (exact) mass is 334 g/mol. The molecule has 0 spiro atoms. The second kappa shape index (κ2) is 7.79. The van der Waals surface area contributed by atoms with Gasteiger partial charge >= 0.3 is 0 Å². The number of rotatable bonds is 7. The molecule has 1 saturated heterocycles. The minimum absolute atomic E-state index is 0.0827. The molecule has 3 rings (SSSR count). The van der Waals surface area contributed by atoms with E-state index in [0.29, 0.717) is 44.0 Å². The molecule has 2 aliphatic rings. The molecule has 1 amide bonds.